The number of halogens is 1. The lowest BCUT2D eigenvalue weighted by Gasteiger charge is -2.07. The van der Waals surface area contributed by atoms with Gasteiger partial charge >= 0.3 is 0 Å². The van der Waals surface area contributed by atoms with Crippen molar-refractivity contribution in [2.24, 2.45) is 0 Å². The summed E-state index contributed by atoms with van der Waals surface area (Å²) in [6, 6.07) is 12.4. The van der Waals surface area contributed by atoms with Crippen molar-refractivity contribution in [2.75, 3.05) is 11.9 Å². The minimum Gasteiger partial charge on any atom is -0.440 e. The van der Waals surface area contributed by atoms with E-state index in [0.717, 1.165) is 4.47 Å². The van der Waals surface area contributed by atoms with Gasteiger partial charge in [0.05, 0.1) is 0 Å². The van der Waals surface area contributed by atoms with Gasteiger partial charge in [0.25, 0.3) is 5.91 Å². The molecule has 2 aromatic carbocycles. The number of nitrogens with one attached hydrogen (secondary N) is 2. The molecule has 7 heteroatoms. The second kappa shape index (κ2) is 8.35. The number of carbonyl (C=O) groups is 2. The van der Waals surface area contributed by atoms with Crippen LogP contribution >= 0.6 is 15.9 Å². The number of hydrogen-bond acceptors (Lipinski definition) is 4. The number of fused-ring (bicyclic) bond motifs is 1. The van der Waals surface area contributed by atoms with Gasteiger partial charge in [-0.3, -0.25) is 9.59 Å². The van der Waals surface area contributed by atoms with Gasteiger partial charge in [-0.05, 0) is 42.5 Å². The van der Waals surface area contributed by atoms with Crippen LogP contribution in [-0.4, -0.2) is 23.3 Å². The normalized spacial score (nSPS) is 11.0. The van der Waals surface area contributed by atoms with Crippen molar-refractivity contribution in [3.05, 3.63) is 58.4 Å². The van der Waals surface area contributed by atoms with Gasteiger partial charge in [0, 0.05) is 34.6 Å². The average molecular weight is 430 g/mol. The average Bonchev–Trinajstić information content (AvgIpc) is 3.06. The Morgan fingerprint density at radius 2 is 1.89 bits per heavy atom. The van der Waals surface area contributed by atoms with E-state index in [9.17, 15) is 9.59 Å². The molecule has 3 aromatic rings. The second-order valence-corrected chi connectivity index (χ2v) is 7.37. The maximum absolute atomic E-state index is 12.1. The lowest BCUT2D eigenvalue weighted by molar-refractivity contribution is -0.116. The summed E-state index contributed by atoms with van der Waals surface area (Å²) in [6.45, 7) is 4.27. The number of nitrogens with zero attached hydrogens (tertiary/aromatic N) is 1. The predicted octanol–water partition coefficient (Wildman–Crippen LogP) is 4.47. The van der Waals surface area contributed by atoms with Gasteiger partial charge in [-0.1, -0.05) is 29.8 Å². The van der Waals surface area contributed by atoms with Crippen LogP contribution in [0.15, 0.2) is 51.4 Å². The number of amides is 2. The molecular weight excluding hydrogens is 410 g/mol. The fraction of sp³-hybridized carbons (Fsp3) is 0.250. The minimum atomic E-state index is -0.208. The van der Waals surface area contributed by atoms with E-state index in [2.05, 4.69) is 31.5 Å². The fourth-order valence-electron chi connectivity index (χ4n) is 2.49. The molecule has 0 saturated heterocycles. The van der Waals surface area contributed by atoms with Crippen molar-refractivity contribution in [1.29, 1.82) is 0 Å². The zero-order valence-electron chi connectivity index (χ0n) is 15.1. The zero-order valence-corrected chi connectivity index (χ0v) is 16.7. The molecule has 0 aliphatic carbocycles. The third kappa shape index (κ3) is 4.95. The molecule has 6 nitrogen and oxygen atoms in total. The first kappa shape index (κ1) is 19.1. The Hall–Kier alpha value is -2.67. The molecule has 0 atom stereocenters. The Morgan fingerprint density at radius 3 is 2.59 bits per heavy atom. The highest BCUT2D eigenvalue weighted by Gasteiger charge is 2.11. The van der Waals surface area contributed by atoms with Crippen molar-refractivity contribution in [2.45, 2.75) is 26.2 Å². The molecule has 2 N–H and O–H groups in total. The molecule has 0 fully saturated rings. The van der Waals surface area contributed by atoms with Gasteiger partial charge in [0.1, 0.15) is 5.52 Å². The molecule has 0 aliphatic heterocycles. The number of hydrogen-bond donors (Lipinski definition) is 2. The zero-order chi connectivity index (χ0) is 19.4. The second-order valence-electron chi connectivity index (χ2n) is 6.45. The highest BCUT2D eigenvalue weighted by molar-refractivity contribution is 9.10. The third-order valence-electron chi connectivity index (χ3n) is 3.93. The Labute approximate surface area is 165 Å². The molecule has 3 rings (SSSR count). The van der Waals surface area contributed by atoms with Crippen LogP contribution in [0.5, 0.6) is 0 Å². The summed E-state index contributed by atoms with van der Waals surface area (Å²) < 4.78 is 6.56. The lowest BCUT2D eigenvalue weighted by atomic mass is 10.2. The van der Waals surface area contributed by atoms with Gasteiger partial charge in [0.15, 0.2) is 11.5 Å². The number of carbonyl (C=O) groups excluding carboxylic acids is 2. The van der Waals surface area contributed by atoms with E-state index in [-0.39, 0.29) is 30.7 Å². The number of oxazole rings is 1. The third-order valence-corrected chi connectivity index (χ3v) is 4.45. The van der Waals surface area contributed by atoms with E-state index in [1.165, 1.54) is 0 Å². The van der Waals surface area contributed by atoms with Gasteiger partial charge < -0.3 is 15.1 Å². The summed E-state index contributed by atoms with van der Waals surface area (Å²) in [5.41, 5.74) is 2.60. The van der Waals surface area contributed by atoms with E-state index < -0.39 is 0 Å². The molecule has 1 heterocycles. The molecule has 2 amide bonds. The summed E-state index contributed by atoms with van der Waals surface area (Å²) in [5, 5.41) is 5.55. The van der Waals surface area contributed by atoms with Crippen LogP contribution in [0.2, 0.25) is 0 Å². The van der Waals surface area contributed by atoms with Crippen molar-refractivity contribution < 1.29 is 14.0 Å². The molecule has 27 heavy (non-hydrogen) atoms. The van der Waals surface area contributed by atoms with Gasteiger partial charge in [-0.2, -0.15) is 0 Å². The number of anilines is 1. The van der Waals surface area contributed by atoms with Crippen LogP contribution in [0.25, 0.3) is 11.1 Å². The van der Waals surface area contributed by atoms with Gasteiger partial charge in [-0.15, -0.1) is 0 Å². The van der Waals surface area contributed by atoms with Crippen LogP contribution in [-0.2, 0) is 4.79 Å². The molecule has 1 aromatic heterocycles. The van der Waals surface area contributed by atoms with E-state index in [4.69, 9.17) is 4.42 Å². The molecule has 0 unspecified atom stereocenters. The Bertz CT molecular complexity index is 964. The standard InChI is InChI=1S/C20H20BrN3O3/c1-12(2)20-24-16-11-15(7-8-17(16)27-20)23-18(25)9-10-22-19(26)13-3-5-14(21)6-4-13/h3-8,11-12H,9-10H2,1-2H3,(H,22,26)(H,23,25). The number of rotatable bonds is 6. The van der Waals surface area contributed by atoms with Crippen LogP contribution in [0.3, 0.4) is 0 Å². The maximum atomic E-state index is 12.1. The monoisotopic (exact) mass is 429 g/mol. The molecule has 0 radical (unpaired) electrons. The van der Waals surface area contributed by atoms with Crippen molar-refractivity contribution in [3.63, 3.8) is 0 Å². The van der Waals surface area contributed by atoms with Gasteiger partial charge in [-0.25, -0.2) is 4.98 Å². The number of benzene rings is 2. The Morgan fingerprint density at radius 1 is 1.15 bits per heavy atom. The molecule has 0 saturated carbocycles. The Balaban J connectivity index is 1.52. The minimum absolute atomic E-state index is 0.177. The smallest absolute Gasteiger partial charge is 0.251 e. The van der Waals surface area contributed by atoms with Crippen LogP contribution in [0, 0.1) is 0 Å². The van der Waals surface area contributed by atoms with E-state index in [0.29, 0.717) is 28.2 Å². The van der Waals surface area contributed by atoms with E-state index >= 15 is 0 Å². The summed E-state index contributed by atoms with van der Waals surface area (Å²) in [7, 11) is 0. The molecule has 0 spiro atoms. The first-order valence-corrected chi connectivity index (χ1v) is 9.46. The van der Waals surface area contributed by atoms with Gasteiger partial charge in [0.2, 0.25) is 5.91 Å². The summed E-state index contributed by atoms with van der Waals surface area (Å²) in [5.74, 6) is 0.479. The first-order chi connectivity index (χ1) is 12.9. The van der Waals surface area contributed by atoms with Crippen LogP contribution in [0.4, 0.5) is 5.69 Å². The molecule has 0 aliphatic rings. The highest BCUT2D eigenvalue weighted by Crippen LogP contribution is 2.23. The summed E-state index contributed by atoms with van der Waals surface area (Å²) >= 11 is 3.33. The molecular formula is C20H20BrN3O3. The van der Waals surface area contributed by atoms with Crippen molar-refractivity contribution >= 4 is 44.5 Å². The largest absolute Gasteiger partial charge is 0.440 e. The Kier molecular flexibility index (Phi) is 5.91. The molecule has 0 bridgehead atoms. The van der Waals surface area contributed by atoms with Crippen LogP contribution in [0.1, 0.15) is 42.4 Å². The van der Waals surface area contributed by atoms with E-state index in [1.807, 2.05) is 13.8 Å². The quantitative estimate of drug-likeness (QED) is 0.604. The highest BCUT2D eigenvalue weighted by atomic mass is 79.9. The van der Waals surface area contributed by atoms with Crippen molar-refractivity contribution in [3.8, 4) is 0 Å². The lowest BCUT2D eigenvalue weighted by Crippen LogP contribution is -2.27. The summed E-state index contributed by atoms with van der Waals surface area (Å²) in [6.07, 6.45) is 0.177. The number of aromatic nitrogens is 1. The topological polar surface area (TPSA) is 84.2 Å². The van der Waals surface area contributed by atoms with E-state index in [1.54, 1.807) is 42.5 Å². The van der Waals surface area contributed by atoms with Crippen molar-refractivity contribution in [1.82, 2.24) is 10.3 Å². The van der Waals surface area contributed by atoms with Crippen LogP contribution < -0.4 is 10.6 Å². The first-order valence-electron chi connectivity index (χ1n) is 8.66. The summed E-state index contributed by atoms with van der Waals surface area (Å²) in [4.78, 5) is 28.6. The molecule has 140 valence electrons. The fourth-order valence-corrected chi connectivity index (χ4v) is 2.75. The maximum Gasteiger partial charge on any atom is 0.251 e. The predicted molar refractivity (Wildman–Crippen MR) is 108 cm³/mol. The SMILES string of the molecule is CC(C)c1nc2cc(NC(=O)CCNC(=O)c3ccc(Br)cc3)ccc2o1.